The fraction of sp³-hybridized carbons (Fsp3) is 0.923. The highest BCUT2D eigenvalue weighted by atomic mass is 16.3. The molecule has 5 heteroatoms. The Kier molecular flexibility index (Phi) is 6.60. The lowest BCUT2D eigenvalue weighted by Crippen LogP contribution is -2.49. The molecule has 0 bridgehead atoms. The minimum absolute atomic E-state index is 0.0112. The van der Waals surface area contributed by atoms with Gasteiger partial charge < -0.3 is 21.1 Å². The number of nitrogens with one attached hydrogen (secondary N) is 1. The Morgan fingerprint density at radius 3 is 2.67 bits per heavy atom. The zero-order valence-electron chi connectivity index (χ0n) is 11.6. The molecule has 5 nitrogen and oxygen atoms in total. The Bertz CT molecular complexity index is 259. The van der Waals surface area contributed by atoms with E-state index >= 15 is 0 Å². The van der Waals surface area contributed by atoms with Crippen LogP contribution in [0.15, 0.2) is 0 Å². The molecule has 0 heterocycles. The minimum Gasteiger partial charge on any atom is -0.396 e. The molecule has 0 saturated heterocycles. The first-order valence-electron chi connectivity index (χ1n) is 6.85. The van der Waals surface area contributed by atoms with E-state index in [1.165, 1.54) is 12.8 Å². The molecule has 0 aromatic rings. The normalized spacial score (nSPS) is 25.8. The molecule has 18 heavy (non-hydrogen) atoms. The number of aliphatic hydroxyl groups is 1. The zero-order valence-corrected chi connectivity index (χ0v) is 11.6. The molecule has 0 radical (unpaired) electrons. The molecule has 1 aliphatic carbocycles. The smallest absolute Gasteiger partial charge is 0.223 e. The predicted octanol–water partition coefficient (Wildman–Crippen LogP) is -0.0673. The topological polar surface area (TPSA) is 78.6 Å². The first-order chi connectivity index (χ1) is 8.58. The van der Waals surface area contributed by atoms with Crippen LogP contribution in [-0.4, -0.2) is 55.2 Å². The van der Waals surface area contributed by atoms with E-state index in [1.54, 1.807) is 19.0 Å². The molecule has 1 rings (SSSR count). The lowest BCUT2D eigenvalue weighted by molar-refractivity contribution is -0.129. The van der Waals surface area contributed by atoms with Gasteiger partial charge in [0.2, 0.25) is 5.91 Å². The molecular weight excluding hydrogens is 230 g/mol. The van der Waals surface area contributed by atoms with E-state index in [2.05, 4.69) is 5.32 Å². The van der Waals surface area contributed by atoms with Crippen molar-refractivity contribution < 1.29 is 9.90 Å². The Morgan fingerprint density at radius 2 is 2.11 bits per heavy atom. The monoisotopic (exact) mass is 257 g/mol. The molecule has 0 aliphatic heterocycles. The van der Waals surface area contributed by atoms with Gasteiger partial charge >= 0.3 is 0 Å². The number of amides is 1. The van der Waals surface area contributed by atoms with E-state index in [0.29, 0.717) is 24.9 Å². The van der Waals surface area contributed by atoms with Crippen LogP contribution in [0.2, 0.25) is 0 Å². The van der Waals surface area contributed by atoms with Crippen LogP contribution in [0.5, 0.6) is 0 Å². The molecule has 4 N–H and O–H groups in total. The van der Waals surface area contributed by atoms with Crippen molar-refractivity contribution in [3.05, 3.63) is 0 Å². The Hall–Kier alpha value is -0.650. The number of rotatable bonds is 6. The maximum atomic E-state index is 11.7. The lowest BCUT2D eigenvalue weighted by atomic mass is 9.84. The number of nitrogens with zero attached hydrogens (tertiary/aromatic N) is 1. The molecule has 1 saturated carbocycles. The number of carbonyl (C=O) groups is 1. The number of hydrogen-bond acceptors (Lipinski definition) is 4. The van der Waals surface area contributed by atoms with E-state index in [1.807, 2.05) is 0 Å². The van der Waals surface area contributed by atoms with Gasteiger partial charge in [0.05, 0.1) is 0 Å². The predicted molar refractivity (Wildman–Crippen MR) is 72.1 cm³/mol. The van der Waals surface area contributed by atoms with Crippen LogP contribution in [-0.2, 0) is 4.79 Å². The number of aliphatic hydroxyl groups excluding tert-OH is 1. The quantitative estimate of drug-likeness (QED) is 0.622. The second kappa shape index (κ2) is 7.71. The zero-order chi connectivity index (χ0) is 13.5. The maximum absolute atomic E-state index is 11.7. The summed E-state index contributed by atoms with van der Waals surface area (Å²) < 4.78 is 0. The SMILES string of the molecule is CN(C)C(=O)CC(CN)NC1CCCCC1CO. The van der Waals surface area contributed by atoms with E-state index in [0.717, 1.165) is 12.8 Å². The summed E-state index contributed by atoms with van der Waals surface area (Å²) in [5.41, 5.74) is 5.73. The molecule has 1 amide bonds. The Labute approximate surface area is 110 Å². The molecule has 1 fully saturated rings. The van der Waals surface area contributed by atoms with Crippen LogP contribution in [0.3, 0.4) is 0 Å². The summed E-state index contributed by atoms with van der Waals surface area (Å²) >= 11 is 0. The van der Waals surface area contributed by atoms with E-state index < -0.39 is 0 Å². The third kappa shape index (κ3) is 4.55. The standard InChI is InChI=1S/C13H27N3O2/c1-16(2)13(18)7-11(8-14)15-12-6-4-3-5-10(12)9-17/h10-12,15,17H,3-9,14H2,1-2H3. The Morgan fingerprint density at radius 1 is 1.44 bits per heavy atom. The molecular formula is C13H27N3O2. The molecule has 106 valence electrons. The molecule has 0 aromatic carbocycles. The summed E-state index contributed by atoms with van der Waals surface area (Å²) in [5.74, 6) is 0.400. The fourth-order valence-corrected chi connectivity index (χ4v) is 2.55. The molecule has 3 atom stereocenters. The second-order valence-electron chi connectivity index (χ2n) is 5.43. The van der Waals surface area contributed by atoms with Gasteiger partial charge in [0.15, 0.2) is 0 Å². The van der Waals surface area contributed by atoms with Gasteiger partial charge in [0.1, 0.15) is 0 Å². The summed E-state index contributed by atoms with van der Waals surface area (Å²) in [5, 5.41) is 12.8. The van der Waals surface area contributed by atoms with Crippen molar-refractivity contribution in [2.24, 2.45) is 11.7 Å². The van der Waals surface area contributed by atoms with Crippen molar-refractivity contribution in [3.63, 3.8) is 0 Å². The minimum atomic E-state index is 0.0112. The Balaban J connectivity index is 2.48. The van der Waals surface area contributed by atoms with Gasteiger partial charge in [0.25, 0.3) is 0 Å². The van der Waals surface area contributed by atoms with Gasteiger partial charge in [-0.25, -0.2) is 0 Å². The summed E-state index contributed by atoms with van der Waals surface area (Å²) in [6, 6.07) is 0.310. The largest absolute Gasteiger partial charge is 0.396 e. The van der Waals surface area contributed by atoms with Crippen molar-refractivity contribution in [1.82, 2.24) is 10.2 Å². The first-order valence-corrected chi connectivity index (χ1v) is 6.85. The van der Waals surface area contributed by atoms with Gasteiger partial charge in [-0.1, -0.05) is 12.8 Å². The number of nitrogens with two attached hydrogens (primary N) is 1. The highest BCUT2D eigenvalue weighted by Crippen LogP contribution is 2.24. The highest BCUT2D eigenvalue weighted by molar-refractivity contribution is 5.76. The summed E-state index contributed by atoms with van der Waals surface area (Å²) in [7, 11) is 3.51. The van der Waals surface area contributed by atoms with Crippen LogP contribution < -0.4 is 11.1 Å². The summed E-state index contributed by atoms with van der Waals surface area (Å²) in [6.45, 7) is 0.671. The van der Waals surface area contributed by atoms with Crippen LogP contribution in [0.25, 0.3) is 0 Å². The molecule has 3 unspecified atom stereocenters. The van der Waals surface area contributed by atoms with Gasteiger partial charge in [-0.15, -0.1) is 0 Å². The third-order valence-corrected chi connectivity index (χ3v) is 3.80. The van der Waals surface area contributed by atoms with Gasteiger partial charge in [-0.2, -0.15) is 0 Å². The van der Waals surface area contributed by atoms with Crippen LogP contribution in [0, 0.1) is 5.92 Å². The van der Waals surface area contributed by atoms with E-state index in [9.17, 15) is 9.90 Å². The summed E-state index contributed by atoms with van der Waals surface area (Å²) in [4.78, 5) is 13.3. The van der Waals surface area contributed by atoms with Crippen LogP contribution >= 0.6 is 0 Å². The number of hydrogen-bond donors (Lipinski definition) is 3. The van der Waals surface area contributed by atoms with E-state index in [-0.39, 0.29) is 18.6 Å². The second-order valence-corrected chi connectivity index (χ2v) is 5.43. The lowest BCUT2D eigenvalue weighted by Gasteiger charge is -2.34. The van der Waals surface area contributed by atoms with E-state index in [4.69, 9.17) is 5.73 Å². The molecule has 1 aliphatic rings. The van der Waals surface area contributed by atoms with Crippen LogP contribution in [0.1, 0.15) is 32.1 Å². The summed E-state index contributed by atoms with van der Waals surface area (Å²) in [6.07, 6.45) is 4.93. The van der Waals surface area contributed by atoms with Crippen molar-refractivity contribution >= 4 is 5.91 Å². The molecule has 0 spiro atoms. The van der Waals surface area contributed by atoms with Crippen molar-refractivity contribution in [2.45, 2.75) is 44.2 Å². The average Bonchev–Trinajstić information content (AvgIpc) is 2.38. The van der Waals surface area contributed by atoms with Crippen molar-refractivity contribution in [1.29, 1.82) is 0 Å². The first kappa shape index (κ1) is 15.4. The van der Waals surface area contributed by atoms with Crippen molar-refractivity contribution in [2.75, 3.05) is 27.2 Å². The van der Waals surface area contributed by atoms with Crippen LogP contribution in [0.4, 0.5) is 0 Å². The molecule has 0 aromatic heterocycles. The number of carbonyl (C=O) groups excluding carboxylic acids is 1. The van der Waals surface area contributed by atoms with Gasteiger partial charge in [-0.3, -0.25) is 4.79 Å². The third-order valence-electron chi connectivity index (χ3n) is 3.80. The van der Waals surface area contributed by atoms with Crippen molar-refractivity contribution in [3.8, 4) is 0 Å². The fourth-order valence-electron chi connectivity index (χ4n) is 2.55. The van der Waals surface area contributed by atoms with Gasteiger partial charge in [0, 0.05) is 45.8 Å². The highest BCUT2D eigenvalue weighted by Gasteiger charge is 2.27. The maximum Gasteiger partial charge on any atom is 0.223 e. The average molecular weight is 257 g/mol. The van der Waals surface area contributed by atoms with Gasteiger partial charge in [-0.05, 0) is 18.8 Å².